The summed E-state index contributed by atoms with van der Waals surface area (Å²) in [5.74, 6) is 4.89. The number of carbonyl (C=O) groups excluding carboxylic acids is 2. The Labute approximate surface area is 172 Å². The first-order valence-electron chi connectivity index (χ1n) is 8.50. The topological polar surface area (TPSA) is 120 Å². The van der Waals surface area contributed by atoms with Crippen molar-refractivity contribution in [2.75, 3.05) is 20.8 Å². The predicted molar refractivity (Wildman–Crippen MR) is 108 cm³/mol. The molecule has 0 heterocycles. The smallest absolute Gasteiger partial charge is 0.338 e. The molecule has 2 aromatic carbocycles. The highest BCUT2D eigenvalue weighted by Crippen LogP contribution is 2.33. The normalized spacial score (nSPS) is 10.6. The molecule has 1 amide bonds. The Morgan fingerprint density at radius 2 is 1.93 bits per heavy atom. The zero-order chi connectivity index (χ0) is 21.4. The lowest BCUT2D eigenvalue weighted by Crippen LogP contribution is -2.30. The number of nitrogen functional groups attached to an aromatic ring is 1. The average molecular weight is 421 g/mol. The number of benzene rings is 2. The fourth-order valence-corrected chi connectivity index (χ4v) is 2.66. The SMILES string of the molecule is COc1cc(C(=O)NN)cc(C=CCCOC(=O)c2ccc(O)c(Cl)c2)c1OC. The molecule has 0 spiro atoms. The number of esters is 1. The van der Waals surface area contributed by atoms with Crippen LogP contribution in [0.4, 0.5) is 0 Å². The summed E-state index contributed by atoms with van der Waals surface area (Å²) in [6.07, 6.45) is 3.90. The quantitative estimate of drug-likeness (QED) is 0.197. The minimum Gasteiger partial charge on any atom is -0.506 e. The van der Waals surface area contributed by atoms with Gasteiger partial charge in [0.2, 0.25) is 0 Å². The lowest BCUT2D eigenvalue weighted by atomic mass is 10.1. The van der Waals surface area contributed by atoms with Gasteiger partial charge in [0, 0.05) is 11.1 Å². The van der Waals surface area contributed by atoms with E-state index < -0.39 is 11.9 Å². The van der Waals surface area contributed by atoms with Crippen LogP contribution in [0.15, 0.2) is 36.4 Å². The Morgan fingerprint density at radius 1 is 1.17 bits per heavy atom. The van der Waals surface area contributed by atoms with E-state index in [1.807, 2.05) is 0 Å². The van der Waals surface area contributed by atoms with Crippen LogP contribution in [0.2, 0.25) is 5.02 Å². The van der Waals surface area contributed by atoms with Gasteiger partial charge in [-0.1, -0.05) is 23.8 Å². The fraction of sp³-hybridized carbons (Fsp3) is 0.200. The zero-order valence-corrected chi connectivity index (χ0v) is 16.7. The van der Waals surface area contributed by atoms with Crippen molar-refractivity contribution in [3.05, 3.63) is 58.1 Å². The van der Waals surface area contributed by atoms with Gasteiger partial charge in [-0.3, -0.25) is 10.2 Å². The number of nitrogens with two attached hydrogens (primary N) is 1. The van der Waals surface area contributed by atoms with Gasteiger partial charge in [-0.2, -0.15) is 0 Å². The van der Waals surface area contributed by atoms with Crippen molar-refractivity contribution in [3.8, 4) is 17.2 Å². The van der Waals surface area contributed by atoms with Crippen molar-refractivity contribution in [1.29, 1.82) is 0 Å². The minimum absolute atomic E-state index is 0.0711. The largest absolute Gasteiger partial charge is 0.506 e. The second kappa shape index (κ2) is 10.4. The van der Waals surface area contributed by atoms with Gasteiger partial charge >= 0.3 is 5.97 Å². The van der Waals surface area contributed by atoms with E-state index in [0.717, 1.165) is 0 Å². The molecule has 9 heteroatoms. The van der Waals surface area contributed by atoms with Crippen molar-refractivity contribution in [2.45, 2.75) is 6.42 Å². The second-order valence-corrected chi connectivity index (χ2v) is 6.17. The van der Waals surface area contributed by atoms with Crippen molar-refractivity contribution in [1.82, 2.24) is 5.43 Å². The van der Waals surface area contributed by atoms with Crippen LogP contribution in [0, 0.1) is 0 Å². The molecule has 0 aromatic heterocycles. The van der Waals surface area contributed by atoms with E-state index in [9.17, 15) is 14.7 Å². The molecule has 0 radical (unpaired) electrons. The molecule has 0 aliphatic carbocycles. The van der Waals surface area contributed by atoms with Gasteiger partial charge in [0.1, 0.15) is 5.75 Å². The van der Waals surface area contributed by atoms with Crippen LogP contribution in [0.25, 0.3) is 6.08 Å². The van der Waals surface area contributed by atoms with E-state index in [4.69, 9.17) is 31.7 Å². The van der Waals surface area contributed by atoms with Gasteiger partial charge in [-0.25, -0.2) is 10.6 Å². The van der Waals surface area contributed by atoms with Gasteiger partial charge < -0.3 is 19.3 Å². The third-order valence-corrected chi connectivity index (χ3v) is 4.20. The Kier molecular flexibility index (Phi) is 7.88. The lowest BCUT2D eigenvalue weighted by molar-refractivity contribution is 0.0511. The Bertz CT molecular complexity index is 929. The molecule has 4 N–H and O–H groups in total. The summed E-state index contributed by atoms with van der Waals surface area (Å²) in [4.78, 5) is 23.8. The number of methoxy groups -OCH3 is 2. The summed E-state index contributed by atoms with van der Waals surface area (Å²) < 4.78 is 15.8. The number of hydrogen-bond donors (Lipinski definition) is 3. The summed E-state index contributed by atoms with van der Waals surface area (Å²) in [6, 6.07) is 7.20. The first-order valence-corrected chi connectivity index (χ1v) is 8.88. The number of phenolic OH excluding ortho intramolecular Hbond substituents is 1. The Balaban J connectivity index is 2.04. The monoisotopic (exact) mass is 420 g/mol. The zero-order valence-electron chi connectivity index (χ0n) is 15.9. The number of nitrogens with one attached hydrogen (secondary N) is 1. The Hall–Kier alpha value is -3.23. The summed E-state index contributed by atoms with van der Waals surface area (Å²) in [7, 11) is 2.95. The molecule has 29 heavy (non-hydrogen) atoms. The van der Waals surface area contributed by atoms with Crippen LogP contribution in [0.3, 0.4) is 0 Å². The highest BCUT2D eigenvalue weighted by Gasteiger charge is 2.14. The van der Waals surface area contributed by atoms with Crippen LogP contribution in [-0.4, -0.2) is 37.8 Å². The van der Waals surface area contributed by atoms with E-state index >= 15 is 0 Å². The average Bonchev–Trinajstić information content (AvgIpc) is 2.73. The number of hydrogen-bond acceptors (Lipinski definition) is 7. The molecule has 0 unspecified atom stereocenters. The number of rotatable bonds is 8. The summed E-state index contributed by atoms with van der Waals surface area (Å²) in [5, 5.41) is 9.46. The van der Waals surface area contributed by atoms with Crippen LogP contribution in [0.5, 0.6) is 17.2 Å². The number of halogens is 1. The van der Waals surface area contributed by atoms with E-state index in [-0.39, 0.29) is 22.9 Å². The highest BCUT2D eigenvalue weighted by atomic mass is 35.5. The number of phenols is 1. The third kappa shape index (κ3) is 5.63. The predicted octanol–water partition coefficient (Wildman–Crippen LogP) is 2.93. The molecule has 2 aromatic rings. The summed E-state index contributed by atoms with van der Waals surface area (Å²) in [6.45, 7) is 0.121. The van der Waals surface area contributed by atoms with Crippen LogP contribution >= 0.6 is 11.6 Å². The summed E-state index contributed by atoms with van der Waals surface area (Å²) >= 11 is 5.78. The molecule has 0 aliphatic heterocycles. The fourth-order valence-electron chi connectivity index (χ4n) is 2.48. The maximum absolute atomic E-state index is 12.0. The molecule has 2 rings (SSSR count). The van der Waals surface area contributed by atoms with Gasteiger partial charge in [-0.05, 0) is 36.8 Å². The van der Waals surface area contributed by atoms with E-state index in [1.165, 1.54) is 38.5 Å². The highest BCUT2D eigenvalue weighted by molar-refractivity contribution is 6.32. The second-order valence-electron chi connectivity index (χ2n) is 5.77. The van der Waals surface area contributed by atoms with Crippen LogP contribution < -0.4 is 20.7 Å². The molecule has 0 aliphatic rings. The van der Waals surface area contributed by atoms with Crippen LogP contribution in [-0.2, 0) is 4.74 Å². The van der Waals surface area contributed by atoms with Gasteiger partial charge in [0.05, 0.1) is 31.4 Å². The number of hydrazine groups is 1. The molecular formula is C20H21ClN2O6. The third-order valence-electron chi connectivity index (χ3n) is 3.90. The molecule has 8 nitrogen and oxygen atoms in total. The molecule has 154 valence electrons. The van der Waals surface area contributed by atoms with Crippen molar-refractivity contribution < 1.29 is 28.9 Å². The Morgan fingerprint density at radius 3 is 2.55 bits per heavy atom. The first-order chi connectivity index (χ1) is 13.9. The number of carbonyl (C=O) groups is 2. The van der Waals surface area contributed by atoms with Crippen molar-refractivity contribution in [3.63, 3.8) is 0 Å². The standard InChI is InChI=1S/C20H21ClN2O6/c1-27-17-11-14(19(25)23-22)9-12(18(17)28-2)5-3-4-8-29-20(26)13-6-7-16(24)15(21)10-13/h3,5-7,9-11,24H,4,8,22H2,1-2H3,(H,23,25). The molecule has 0 saturated heterocycles. The van der Waals surface area contributed by atoms with E-state index in [0.29, 0.717) is 29.0 Å². The van der Waals surface area contributed by atoms with Crippen LogP contribution in [0.1, 0.15) is 32.7 Å². The molecule has 0 bridgehead atoms. The molecule has 0 fully saturated rings. The van der Waals surface area contributed by atoms with E-state index in [2.05, 4.69) is 5.43 Å². The summed E-state index contributed by atoms with van der Waals surface area (Å²) in [5.41, 5.74) is 3.21. The van der Waals surface area contributed by atoms with Gasteiger partial charge in [0.15, 0.2) is 11.5 Å². The first kappa shape index (κ1) is 22.1. The molecule has 0 atom stereocenters. The maximum Gasteiger partial charge on any atom is 0.338 e. The van der Waals surface area contributed by atoms with Gasteiger partial charge in [-0.15, -0.1) is 0 Å². The lowest BCUT2D eigenvalue weighted by Gasteiger charge is -2.12. The van der Waals surface area contributed by atoms with Crippen molar-refractivity contribution >= 4 is 29.6 Å². The number of amides is 1. The minimum atomic E-state index is -0.554. The van der Waals surface area contributed by atoms with Gasteiger partial charge in [0.25, 0.3) is 5.91 Å². The molecule has 0 saturated carbocycles. The number of aromatic hydroxyl groups is 1. The molecular weight excluding hydrogens is 400 g/mol. The van der Waals surface area contributed by atoms with E-state index in [1.54, 1.807) is 18.2 Å². The van der Waals surface area contributed by atoms with Crippen molar-refractivity contribution in [2.24, 2.45) is 5.84 Å². The number of ether oxygens (including phenoxy) is 3. The maximum atomic E-state index is 12.0.